The van der Waals surface area contributed by atoms with Crippen LogP contribution < -0.4 is 10.5 Å². The first kappa shape index (κ1) is 11.0. The molecule has 0 saturated heterocycles. The molecule has 0 atom stereocenters. The number of halogens is 1. The summed E-state index contributed by atoms with van der Waals surface area (Å²) in [5.74, 6) is 0.326. The second kappa shape index (κ2) is 4.59. The van der Waals surface area contributed by atoms with Crippen LogP contribution in [-0.4, -0.2) is 11.5 Å². The molecule has 0 fully saturated rings. The standard InChI is InChI=1S/C11H11FN2OS/c1-15-10-3-2-8(12)4-9(10)11-7(5-13)6-14-16-11/h2-4,6H,5,13H2,1H3. The van der Waals surface area contributed by atoms with Gasteiger partial charge in [0.1, 0.15) is 11.6 Å². The van der Waals surface area contributed by atoms with Crippen molar-refractivity contribution in [2.45, 2.75) is 6.54 Å². The Kier molecular flexibility index (Phi) is 3.17. The highest BCUT2D eigenvalue weighted by molar-refractivity contribution is 7.09. The lowest BCUT2D eigenvalue weighted by molar-refractivity contribution is 0.415. The van der Waals surface area contributed by atoms with Crippen molar-refractivity contribution in [1.82, 2.24) is 4.37 Å². The van der Waals surface area contributed by atoms with E-state index < -0.39 is 0 Å². The maximum absolute atomic E-state index is 13.2. The van der Waals surface area contributed by atoms with Gasteiger partial charge in [0.25, 0.3) is 0 Å². The van der Waals surface area contributed by atoms with Crippen molar-refractivity contribution in [1.29, 1.82) is 0 Å². The predicted molar refractivity (Wildman–Crippen MR) is 62.0 cm³/mol. The number of methoxy groups -OCH3 is 1. The molecule has 0 amide bonds. The third-order valence-corrected chi connectivity index (χ3v) is 3.15. The lowest BCUT2D eigenvalue weighted by Gasteiger charge is -2.07. The Morgan fingerprint density at radius 1 is 1.50 bits per heavy atom. The summed E-state index contributed by atoms with van der Waals surface area (Å²) in [6, 6.07) is 4.40. The molecule has 2 rings (SSSR count). The van der Waals surface area contributed by atoms with Gasteiger partial charge in [0.15, 0.2) is 0 Å². The highest BCUT2D eigenvalue weighted by Crippen LogP contribution is 2.35. The van der Waals surface area contributed by atoms with E-state index >= 15 is 0 Å². The Hall–Kier alpha value is -1.46. The summed E-state index contributed by atoms with van der Waals surface area (Å²) in [5, 5.41) is 0. The van der Waals surface area contributed by atoms with Gasteiger partial charge in [0, 0.05) is 23.9 Å². The molecule has 1 heterocycles. The van der Waals surface area contributed by atoms with Crippen molar-refractivity contribution in [3.8, 4) is 16.2 Å². The van der Waals surface area contributed by atoms with E-state index in [1.165, 1.54) is 23.7 Å². The summed E-state index contributed by atoms with van der Waals surface area (Å²) in [5.41, 5.74) is 7.19. The highest BCUT2D eigenvalue weighted by atomic mass is 32.1. The van der Waals surface area contributed by atoms with E-state index in [9.17, 15) is 4.39 Å². The molecule has 16 heavy (non-hydrogen) atoms. The summed E-state index contributed by atoms with van der Waals surface area (Å²) in [6.45, 7) is 0.380. The Balaban J connectivity index is 2.58. The second-order valence-corrected chi connectivity index (χ2v) is 4.03. The minimum atomic E-state index is -0.299. The molecule has 0 radical (unpaired) electrons. The zero-order valence-corrected chi connectivity index (χ0v) is 9.55. The van der Waals surface area contributed by atoms with E-state index in [0.717, 1.165) is 10.4 Å². The van der Waals surface area contributed by atoms with Crippen molar-refractivity contribution in [3.63, 3.8) is 0 Å². The van der Waals surface area contributed by atoms with E-state index in [1.807, 2.05) is 0 Å². The first-order valence-electron chi connectivity index (χ1n) is 4.73. The monoisotopic (exact) mass is 238 g/mol. The van der Waals surface area contributed by atoms with E-state index in [2.05, 4.69) is 4.37 Å². The van der Waals surface area contributed by atoms with Crippen molar-refractivity contribution in [2.24, 2.45) is 5.73 Å². The van der Waals surface area contributed by atoms with Gasteiger partial charge in [-0.25, -0.2) is 8.76 Å². The number of rotatable bonds is 3. The van der Waals surface area contributed by atoms with Gasteiger partial charge < -0.3 is 10.5 Å². The maximum atomic E-state index is 13.2. The molecule has 3 nitrogen and oxygen atoms in total. The van der Waals surface area contributed by atoms with Crippen LogP contribution >= 0.6 is 11.5 Å². The molecule has 2 N–H and O–H groups in total. The average molecular weight is 238 g/mol. The molecular formula is C11H11FN2OS. The van der Waals surface area contributed by atoms with E-state index in [4.69, 9.17) is 10.5 Å². The van der Waals surface area contributed by atoms with Crippen LogP contribution in [0.3, 0.4) is 0 Å². The number of hydrogen-bond acceptors (Lipinski definition) is 4. The second-order valence-electron chi connectivity index (χ2n) is 3.23. The normalized spacial score (nSPS) is 10.4. The van der Waals surface area contributed by atoms with Crippen LogP contribution in [0.5, 0.6) is 5.75 Å². The van der Waals surface area contributed by atoms with Crippen LogP contribution in [0.4, 0.5) is 4.39 Å². The average Bonchev–Trinajstić information content (AvgIpc) is 2.76. The zero-order valence-electron chi connectivity index (χ0n) is 8.74. The predicted octanol–water partition coefficient (Wildman–Crippen LogP) is 2.42. The van der Waals surface area contributed by atoms with Crippen molar-refractivity contribution in [2.75, 3.05) is 7.11 Å². The molecule has 0 aliphatic carbocycles. The van der Waals surface area contributed by atoms with E-state index in [0.29, 0.717) is 17.9 Å². The van der Waals surface area contributed by atoms with Crippen LogP contribution in [0.2, 0.25) is 0 Å². The number of ether oxygens (including phenoxy) is 1. The molecule has 5 heteroatoms. The minimum absolute atomic E-state index is 0.299. The van der Waals surface area contributed by atoms with Crippen LogP contribution in [0.25, 0.3) is 10.4 Å². The molecule has 0 saturated carbocycles. The Labute approximate surface area is 96.8 Å². The van der Waals surface area contributed by atoms with E-state index in [-0.39, 0.29) is 5.82 Å². The number of nitrogens with zero attached hydrogens (tertiary/aromatic N) is 1. The minimum Gasteiger partial charge on any atom is -0.496 e. The zero-order chi connectivity index (χ0) is 11.5. The molecule has 1 aromatic heterocycles. The smallest absolute Gasteiger partial charge is 0.127 e. The van der Waals surface area contributed by atoms with Gasteiger partial charge >= 0.3 is 0 Å². The SMILES string of the molecule is COc1ccc(F)cc1-c1sncc1CN. The third-order valence-electron chi connectivity index (χ3n) is 2.27. The van der Waals surface area contributed by atoms with Gasteiger partial charge in [-0.2, -0.15) is 0 Å². The van der Waals surface area contributed by atoms with Crippen molar-refractivity contribution < 1.29 is 9.13 Å². The van der Waals surface area contributed by atoms with Crippen LogP contribution in [0.15, 0.2) is 24.4 Å². The summed E-state index contributed by atoms with van der Waals surface area (Å²) < 4.78 is 22.5. The van der Waals surface area contributed by atoms with Crippen LogP contribution in [-0.2, 0) is 6.54 Å². The lowest BCUT2D eigenvalue weighted by atomic mass is 10.1. The Morgan fingerprint density at radius 3 is 3.00 bits per heavy atom. The molecule has 0 bridgehead atoms. The molecule has 0 spiro atoms. The highest BCUT2D eigenvalue weighted by Gasteiger charge is 2.13. The quantitative estimate of drug-likeness (QED) is 0.893. The van der Waals surface area contributed by atoms with Gasteiger partial charge in [0.2, 0.25) is 0 Å². The topological polar surface area (TPSA) is 48.1 Å². The number of aromatic nitrogens is 1. The summed E-state index contributed by atoms with van der Waals surface area (Å²) in [7, 11) is 1.56. The van der Waals surface area contributed by atoms with Gasteiger partial charge in [-0.1, -0.05) is 0 Å². The molecule has 1 aromatic carbocycles. The summed E-state index contributed by atoms with van der Waals surface area (Å²) in [4.78, 5) is 0.860. The fourth-order valence-corrected chi connectivity index (χ4v) is 2.28. The number of nitrogens with two attached hydrogens (primary N) is 1. The third kappa shape index (κ3) is 1.91. The molecule has 0 aliphatic heterocycles. The van der Waals surface area contributed by atoms with E-state index in [1.54, 1.807) is 19.4 Å². The first-order valence-corrected chi connectivity index (χ1v) is 5.51. The molecule has 0 unspecified atom stereocenters. The first-order chi connectivity index (χ1) is 7.76. The van der Waals surface area contributed by atoms with Gasteiger partial charge in [-0.05, 0) is 29.7 Å². The number of benzene rings is 1. The molecule has 84 valence electrons. The van der Waals surface area contributed by atoms with Crippen molar-refractivity contribution >= 4 is 11.5 Å². The molecule has 2 aromatic rings. The van der Waals surface area contributed by atoms with Gasteiger partial charge in [-0.3, -0.25) is 0 Å². The summed E-state index contributed by atoms with van der Waals surface area (Å²) >= 11 is 1.29. The maximum Gasteiger partial charge on any atom is 0.127 e. The lowest BCUT2D eigenvalue weighted by Crippen LogP contribution is -1.97. The number of hydrogen-bond donors (Lipinski definition) is 1. The largest absolute Gasteiger partial charge is 0.496 e. The van der Waals surface area contributed by atoms with Gasteiger partial charge in [0.05, 0.1) is 12.0 Å². The fourth-order valence-electron chi connectivity index (χ4n) is 1.49. The molecule has 0 aliphatic rings. The van der Waals surface area contributed by atoms with Gasteiger partial charge in [-0.15, -0.1) is 0 Å². The Morgan fingerprint density at radius 2 is 2.31 bits per heavy atom. The Bertz CT molecular complexity index is 498. The van der Waals surface area contributed by atoms with Crippen LogP contribution in [0, 0.1) is 5.82 Å². The fraction of sp³-hybridized carbons (Fsp3) is 0.182. The molecular weight excluding hydrogens is 227 g/mol. The van der Waals surface area contributed by atoms with Crippen molar-refractivity contribution in [3.05, 3.63) is 35.8 Å². The summed E-state index contributed by atoms with van der Waals surface area (Å²) in [6.07, 6.45) is 1.70. The van der Waals surface area contributed by atoms with Crippen LogP contribution in [0.1, 0.15) is 5.56 Å².